The highest BCUT2D eigenvalue weighted by molar-refractivity contribution is 6.35. The monoisotopic (exact) mass is 225 g/mol. The maximum atomic E-state index is 11.0. The van der Waals surface area contributed by atoms with Crippen LogP contribution in [-0.2, 0) is 0 Å². The molecule has 15 heavy (non-hydrogen) atoms. The van der Waals surface area contributed by atoms with Crippen molar-refractivity contribution in [3.63, 3.8) is 0 Å². The van der Waals surface area contributed by atoms with E-state index in [0.29, 0.717) is 11.4 Å². The largest absolute Gasteiger partial charge is 0.366 e. The minimum Gasteiger partial charge on any atom is -0.366 e. The quantitative estimate of drug-likeness (QED) is 0.849. The number of rotatable bonds is 3. The first-order valence-corrected chi connectivity index (χ1v) is 4.65. The Morgan fingerprint density at radius 2 is 2.27 bits per heavy atom. The summed E-state index contributed by atoms with van der Waals surface area (Å²) in [6.45, 7) is 3.63. The van der Waals surface area contributed by atoms with Gasteiger partial charge < -0.3 is 10.6 Å². The Morgan fingerprint density at radius 3 is 2.67 bits per heavy atom. The Hall–Kier alpha value is -1.55. The van der Waals surface area contributed by atoms with Gasteiger partial charge in [-0.15, -0.1) is 0 Å². The molecule has 0 fully saturated rings. The molecule has 1 aromatic rings. The number of amides is 1. The minimum atomic E-state index is -0.596. The van der Waals surface area contributed by atoms with Crippen LogP contribution in [-0.4, -0.2) is 25.0 Å². The van der Waals surface area contributed by atoms with Crippen molar-refractivity contribution in [3.05, 3.63) is 28.9 Å². The highest BCUT2D eigenvalue weighted by atomic mass is 35.5. The average molecular weight is 226 g/mol. The molecule has 0 saturated carbocycles. The molecule has 0 saturated heterocycles. The molecule has 5 heteroatoms. The zero-order valence-corrected chi connectivity index (χ0v) is 9.38. The summed E-state index contributed by atoms with van der Waals surface area (Å²) < 4.78 is 0. The molecule has 2 N–H and O–H groups in total. The Morgan fingerprint density at radius 1 is 1.67 bits per heavy atom. The number of aromatic nitrogens is 1. The fraction of sp³-hybridized carbons (Fsp3) is 0.200. The number of halogens is 1. The first-order chi connectivity index (χ1) is 6.99. The van der Waals surface area contributed by atoms with Crippen LogP contribution in [0.2, 0.25) is 5.02 Å². The number of carbonyl (C=O) groups is 1. The lowest BCUT2D eigenvalue weighted by Crippen LogP contribution is -2.16. The lowest BCUT2D eigenvalue weighted by Gasteiger charge is -2.16. The number of anilines is 1. The Labute approximate surface area is 93.4 Å². The van der Waals surface area contributed by atoms with Crippen LogP contribution >= 0.6 is 11.6 Å². The van der Waals surface area contributed by atoms with Gasteiger partial charge in [-0.25, -0.2) is 4.98 Å². The summed E-state index contributed by atoms with van der Waals surface area (Å²) in [7, 11) is 3.66. The number of pyridine rings is 1. The van der Waals surface area contributed by atoms with Gasteiger partial charge in [-0.1, -0.05) is 24.3 Å². The summed E-state index contributed by atoms with van der Waals surface area (Å²) in [6, 6.07) is 0. The minimum absolute atomic E-state index is 0.206. The lowest BCUT2D eigenvalue weighted by atomic mass is 10.1. The molecule has 0 aliphatic rings. The molecule has 0 unspecified atom stereocenters. The van der Waals surface area contributed by atoms with Crippen molar-refractivity contribution in [2.24, 2.45) is 5.73 Å². The van der Waals surface area contributed by atoms with Gasteiger partial charge in [-0.05, 0) is 0 Å². The summed E-state index contributed by atoms with van der Waals surface area (Å²) in [4.78, 5) is 16.9. The van der Waals surface area contributed by atoms with Crippen molar-refractivity contribution in [2.45, 2.75) is 0 Å². The molecule has 0 aliphatic carbocycles. The van der Waals surface area contributed by atoms with Crippen molar-refractivity contribution >= 4 is 29.4 Å². The van der Waals surface area contributed by atoms with E-state index in [9.17, 15) is 4.79 Å². The molecule has 0 aromatic carbocycles. The van der Waals surface area contributed by atoms with Gasteiger partial charge in [0.05, 0.1) is 10.6 Å². The van der Waals surface area contributed by atoms with Gasteiger partial charge in [0.1, 0.15) is 5.82 Å². The van der Waals surface area contributed by atoms with Gasteiger partial charge in [-0.3, -0.25) is 4.79 Å². The topological polar surface area (TPSA) is 59.2 Å². The Kier molecular flexibility index (Phi) is 3.31. The lowest BCUT2D eigenvalue weighted by molar-refractivity contribution is 0.1000. The van der Waals surface area contributed by atoms with Gasteiger partial charge in [-0.2, -0.15) is 0 Å². The van der Waals surface area contributed by atoms with Crippen molar-refractivity contribution < 1.29 is 4.79 Å². The summed E-state index contributed by atoms with van der Waals surface area (Å²) in [5.74, 6) is 0.0564. The number of nitrogens with two attached hydrogens (primary N) is 1. The Bertz CT molecular complexity index is 415. The fourth-order valence-corrected chi connectivity index (χ4v) is 1.51. The Balaban J connectivity index is 3.45. The number of primary amides is 1. The van der Waals surface area contributed by atoms with Crippen molar-refractivity contribution in [1.29, 1.82) is 0 Å². The standard InChI is InChI=1S/C10H12ClN3O/c1-4-6-8(11)7(9(12)15)5-13-10(6)14(2)3/h4-5H,1H2,2-3H3,(H2,12,15). The van der Waals surface area contributed by atoms with E-state index in [2.05, 4.69) is 11.6 Å². The molecule has 1 heterocycles. The van der Waals surface area contributed by atoms with Crippen LogP contribution in [0.1, 0.15) is 15.9 Å². The zero-order chi connectivity index (χ0) is 11.6. The normalized spacial score (nSPS) is 9.80. The van der Waals surface area contributed by atoms with E-state index in [1.54, 1.807) is 11.0 Å². The third-order valence-corrected chi connectivity index (χ3v) is 2.33. The van der Waals surface area contributed by atoms with Crippen LogP contribution in [0.5, 0.6) is 0 Å². The second kappa shape index (κ2) is 4.31. The molecular weight excluding hydrogens is 214 g/mol. The van der Waals surface area contributed by atoms with Crippen molar-refractivity contribution in [1.82, 2.24) is 4.98 Å². The van der Waals surface area contributed by atoms with Gasteiger partial charge >= 0.3 is 0 Å². The van der Waals surface area contributed by atoms with Crippen LogP contribution < -0.4 is 10.6 Å². The molecular formula is C10H12ClN3O. The SMILES string of the molecule is C=Cc1c(N(C)C)ncc(C(N)=O)c1Cl. The van der Waals surface area contributed by atoms with E-state index in [0.717, 1.165) is 0 Å². The fourth-order valence-electron chi connectivity index (χ4n) is 1.20. The van der Waals surface area contributed by atoms with Gasteiger partial charge in [0, 0.05) is 25.9 Å². The molecule has 1 aromatic heterocycles. The number of hydrogen-bond acceptors (Lipinski definition) is 3. The maximum absolute atomic E-state index is 11.0. The predicted molar refractivity (Wildman–Crippen MR) is 62.2 cm³/mol. The highest BCUT2D eigenvalue weighted by Crippen LogP contribution is 2.28. The van der Waals surface area contributed by atoms with Gasteiger partial charge in [0.15, 0.2) is 0 Å². The second-order valence-electron chi connectivity index (χ2n) is 3.19. The second-order valence-corrected chi connectivity index (χ2v) is 3.56. The van der Waals surface area contributed by atoms with Gasteiger partial charge in [0.2, 0.25) is 0 Å². The van der Waals surface area contributed by atoms with Crippen LogP contribution in [0, 0.1) is 0 Å². The van der Waals surface area contributed by atoms with Crippen LogP contribution in [0.3, 0.4) is 0 Å². The zero-order valence-electron chi connectivity index (χ0n) is 8.62. The van der Waals surface area contributed by atoms with E-state index in [4.69, 9.17) is 17.3 Å². The third kappa shape index (κ3) is 2.10. The predicted octanol–water partition coefficient (Wildman–Crippen LogP) is 1.54. The first kappa shape index (κ1) is 11.5. The van der Waals surface area contributed by atoms with E-state index < -0.39 is 5.91 Å². The third-order valence-electron chi connectivity index (χ3n) is 1.92. The molecule has 0 atom stereocenters. The smallest absolute Gasteiger partial charge is 0.251 e. The summed E-state index contributed by atoms with van der Waals surface area (Å²) >= 11 is 6.01. The van der Waals surface area contributed by atoms with E-state index >= 15 is 0 Å². The van der Waals surface area contributed by atoms with E-state index in [-0.39, 0.29) is 10.6 Å². The summed E-state index contributed by atoms with van der Waals surface area (Å²) in [5.41, 5.74) is 5.97. The molecule has 0 aliphatic heterocycles. The molecule has 1 rings (SSSR count). The number of carbonyl (C=O) groups excluding carboxylic acids is 1. The van der Waals surface area contributed by atoms with Crippen molar-refractivity contribution in [2.75, 3.05) is 19.0 Å². The first-order valence-electron chi connectivity index (χ1n) is 4.27. The average Bonchev–Trinajstić information content (AvgIpc) is 2.16. The summed E-state index contributed by atoms with van der Waals surface area (Å²) in [6.07, 6.45) is 2.92. The van der Waals surface area contributed by atoms with Crippen LogP contribution in [0.15, 0.2) is 12.8 Å². The van der Waals surface area contributed by atoms with Crippen molar-refractivity contribution in [3.8, 4) is 0 Å². The maximum Gasteiger partial charge on any atom is 0.251 e. The molecule has 0 bridgehead atoms. The molecule has 80 valence electrons. The molecule has 0 radical (unpaired) electrons. The number of hydrogen-bond donors (Lipinski definition) is 1. The molecule has 0 spiro atoms. The molecule has 4 nitrogen and oxygen atoms in total. The molecule has 1 amide bonds. The number of nitrogens with zero attached hydrogens (tertiary/aromatic N) is 2. The van der Waals surface area contributed by atoms with Crippen LogP contribution in [0.25, 0.3) is 6.08 Å². The highest BCUT2D eigenvalue weighted by Gasteiger charge is 2.15. The van der Waals surface area contributed by atoms with E-state index in [1.807, 2.05) is 14.1 Å². The van der Waals surface area contributed by atoms with Gasteiger partial charge in [0.25, 0.3) is 5.91 Å². The summed E-state index contributed by atoms with van der Waals surface area (Å²) in [5, 5.41) is 0.288. The van der Waals surface area contributed by atoms with Crippen LogP contribution in [0.4, 0.5) is 5.82 Å². The van der Waals surface area contributed by atoms with E-state index in [1.165, 1.54) is 6.20 Å².